The highest BCUT2D eigenvalue weighted by Crippen LogP contribution is 2.50. The van der Waals surface area contributed by atoms with E-state index >= 15 is 0 Å². The summed E-state index contributed by atoms with van der Waals surface area (Å²) < 4.78 is 7.58. The van der Waals surface area contributed by atoms with Gasteiger partial charge < -0.3 is 14.4 Å². The molecule has 0 radical (unpaired) electrons. The second-order valence-corrected chi connectivity index (χ2v) is 18.7. The molecule has 3 heterocycles. The van der Waals surface area contributed by atoms with Crippen molar-refractivity contribution in [3.8, 4) is 16.8 Å². The Bertz CT molecular complexity index is 3730. The van der Waals surface area contributed by atoms with Crippen molar-refractivity contribution in [3.05, 3.63) is 237 Å². The molecule has 13 rings (SSSR count). The third-order valence-corrected chi connectivity index (χ3v) is 15.0. The first kappa shape index (κ1) is 37.6. The van der Waals surface area contributed by atoms with Gasteiger partial charge in [-0.25, -0.2) is 0 Å². The summed E-state index contributed by atoms with van der Waals surface area (Å²) in [6, 6.07) is 86.6. The number of aromatic nitrogens is 1. The smallest absolute Gasteiger partial charge is 0.0583 e. The van der Waals surface area contributed by atoms with Crippen LogP contribution in [0.2, 0.25) is 0 Å². The highest BCUT2D eigenvalue weighted by molar-refractivity contribution is 7.26. The molecule has 0 bridgehead atoms. The van der Waals surface area contributed by atoms with E-state index in [0.29, 0.717) is 0 Å². The van der Waals surface area contributed by atoms with E-state index in [4.69, 9.17) is 0 Å². The van der Waals surface area contributed by atoms with Crippen LogP contribution in [-0.4, -0.2) is 4.57 Å². The number of anilines is 6. The van der Waals surface area contributed by atoms with Gasteiger partial charge in [-0.05, 0) is 102 Å². The Morgan fingerprint density at radius 2 is 0.769 bits per heavy atom. The van der Waals surface area contributed by atoms with E-state index in [0.717, 1.165) is 50.8 Å². The van der Waals surface area contributed by atoms with Crippen molar-refractivity contribution in [1.29, 1.82) is 0 Å². The Balaban J connectivity index is 1.13. The minimum Gasteiger partial charge on any atom is -0.310 e. The molecule has 65 heavy (non-hydrogen) atoms. The van der Waals surface area contributed by atoms with E-state index < -0.39 is 0 Å². The number of thiophene rings is 2. The van der Waals surface area contributed by atoms with Crippen LogP contribution >= 0.6 is 22.7 Å². The van der Waals surface area contributed by atoms with Gasteiger partial charge in [0.05, 0.1) is 22.4 Å². The molecule has 0 N–H and O–H groups in total. The molecule has 0 spiro atoms. The zero-order valence-electron chi connectivity index (χ0n) is 35.2. The molecule has 10 aromatic carbocycles. The second kappa shape index (κ2) is 15.4. The highest BCUT2D eigenvalue weighted by atomic mass is 32.1. The molecule has 0 atom stereocenters. The lowest BCUT2D eigenvalue weighted by Crippen LogP contribution is -2.14. The lowest BCUT2D eigenvalue weighted by atomic mass is 10.0. The Kier molecular flexibility index (Phi) is 8.90. The predicted octanol–water partition coefficient (Wildman–Crippen LogP) is 18.1. The van der Waals surface area contributed by atoms with Crippen molar-refractivity contribution in [1.82, 2.24) is 4.57 Å². The molecule has 0 aliphatic carbocycles. The quantitative estimate of drug-likeness (QED) is 0.151. The molecule has 306 valence electrons. The molecular weight excluding hydrogens is 827 g/mol. The minimum absolute atomic E-state index is 1.07. The summed E-state index contributed by atoms with van der Waals surface area (Å²) in [5, 5.41) is 7.53. The Hall–Kier alpha value is -7.96. The van der Waals surface area contributed by atoms with Gasteiger partial charge in [0.15, 0.2) is 0 Å². The lowest BCUT2D eigenvalue weighted by molar-refractivity contribution is 1.17. The molecule has 0 amide bonds. The van der Waals surface area contributed by atoms with Gasteiger partial charge in [-0.3, -0.25) is 0 Å². The van der Waals surface area contributed by atoms with Crippen molar-refractivity contribution in [2.75, 3.05) is 9.80 Å². The van der Waals surface area contributed by atoms with Crippen LogP contribution in [-0.2, 0) is 0 Å². The lowest BCUT2D eigenvalue weighted by Gasteiger charge is -2.30. The first-order valence-electron chi connectivity index (χ1n) is 22.0. The fourth-order valence-corrected chi connectivity index (χ4v) is 12.1. The van der Waals surface area contributed by atoms with E-state index in [1.807, 2.05) is 22.7 Å². The zero-order chi connectivity index (χ0) is 42.8. The number of para-hydroxylation sites is 3. The monoisotopic (exact) mass is 865 g/mol. The predicted molar refractivity (Wildman–Crippen MR) is 281 cm³/mol. The molecule has 0 saturated carbocycles. The first-order valence-corrected chi connectivity index (χ1v) is 23.6. The molecule has 0 saturated heterocycles. The van der Waals surface area contributed by atoms with Crippen LogP contribution < -0.4 is 9.80 Å². The Labute approximate surface area is 384 Å². The van der Waals surface area contributed by atoms with E-state index in [9.17, 15) is 0 Å². The fourth-order valence-electron chi connectivity index (χ4n) is 9.81. The van der Waals surface area contributed by atoms with Crippen molar-refractivity contribution >= 4 is 119 Å². The van der Waals surface area contributed by atoms with Gasteiger partial charge in [-0.2, -0.15) is 0 Å². The topological polar surface area (TPSA) is 11.4 Å². The van der Waals surface area contributed by atoms with Crippen LogP contribution in [0.3, 0.4) is 0 Å². The van der Waals surface area contributed by atoms with E-state index in [-0.39, 0.29) is 0 Å². The molecule has 13 aromatic rings. The number of rotatable bonds is 8. The number of fused-ring (bicyclic) bond motifs is 9. The van der Waals surface area contributed by atoms with Crippen molar-refractivity contribution in [3.63, 3.8) is 0 Å². The summed E-state index contributed by atoms with van der Waals surface area (Å²) in [5.74, 6) is 0. The third kappa shape index (κ3) is 6.31. The average Bonchev–Trinajstić information content (AvgIpc) is 4.04. The second-order valence-electron chi connectivity index (χ2n) is 16.5. The third-order valence-electron chi connectivity index (χ3n) is 12.7. The van der Waals surface area contributed by atoms with Crippen LogP contribution in [0, 0.1) is 0 Å². The maximum Gasteiger partial charge on any atom is 0.0583 e. The van der Waals surface area contributed by atoms with Gasteiger partial charge in [0.25, 0.3) is 0 Å². The van der Waals surface area contributed by atoms with Crippen molar-refractivity contribution in [2.45, 2.75) is 0 Å². The van der Waals surface area contributed by atoms with Gasteiger partial charge in [-0.1, -0.05) is 146 Å². The van der Waals surface area contributed by atoms with Crippen molar-refractivity contribution < 1.29 is 0 Å². The summed E-state index contributed by atoms with van der Waals surface area (Å²) in [5.41, 5.74) is 12.3. The summed E-state index contributed by atoms with van der Waals surface area (Å²) in [7, 11) is 0. The van der Waals surface area contributed by atoms with Crippen LogP contribution in [0.4, 0.5) is 34.1 Å². The maximum absolute atomic E-state index is 2.48. The van der Waals surface area contributed by atoms with Gasteiger partial charge in [0, 0.05) is 79.6 Å². The van der Waals surface area contributed by atoms with Crippen LogP contribution in [0.15, 0.2) is 237 Å². The molecule has 0 fully saturated rings. The molecule has 0 aliphatic rings. The van der Waals surface area contributed by atoms with Gasteiger partial charge in [-0.15, -0.1) is 22.7 Å². The van der Waals surface area contributed by atoms with Crippen LogP contribution in [0.25, 0.3) is 79.0 Å². The summed E-state index contributed by atoms with van der Waals surface area (Å²) in [6.07, 6.45) is 0. The average molecular weight is 866 g/mol. The maximum atomic E-state index is 2.48. The normalized spacial score (nSPS) is 11.7. The van der Waals surface area contributed by atoms with E-state index in [1.54, 1.807) is 0 Å². The molecule has 0 aliphatic heterocycles. The SMILES string of the molecule is c1ccc(-c2ccc(-n3c4ccccc4c4c(N(c5ccccc5)c5ccccc5)cc(N(c5ccc6c(c5)sc5ccccc56)c5ccc6c(c5)sc5ccccc56)cc43)cc2)cc1. The standard InChI is InChI=1S/C60H39N3S2/c1-4-16-40(17-5-1)41-28-30-44(31-29-41)63-53-25-13-10-24-52(53)60-54(62(42-18-6-2-7-19-42)43-20-8-3-9-21-43)36-47(37-55(60)63)61(45-32-34-50-48-22-11-14-26-56(48)64-58(50)38-45)46-33-35-51-49-23-12-15-27-57(49)65-59(51)39-46/h1-39H. The summed E-state index contributed by atoms with van der Waals surface area (Å²) in [6.45, 7) is 0. The number of nitrogens with zero attached hydrogens (tertiary/aromatic N) is 3. The van der Waals surface area contributed by atoms with Crippen LogP contribution in [0.1, 0.15) is 0 Å². The molecule has 3 aromatic heterocycles. The van der Waals surface area contributed by atoms with Crippen molar-refractivity contribution in [2.24, 2.45) is 0 Å². The van der Waals surface area contributed by atoms with Crippen LogP contribution in [0.5, 0.6) is 0 Å². The Morgan fingerprint density at radius 3 is 1.35 bits per heavy atom. The summed E-state index contributed by atoms with van der Waals surface area (Å²) in [4.78, 5) is 4.91. The largest absolute Gasteiger partial charge is 0.310 e. The highest BCUT2D eigenvalue weighted by Gasteiger charge is 2.25. The molecular formula is C60H39N3S2. The summed E-state index contributed by atoms with van der Waals surface area (Å²) >= 11 is 3.72. The molecule has 0 unspecified atom stereocenters. The van der Waals surface area contributed by atoms with E-state index in [2.05, 4.69) is 251 Å². The minimum atomic E-state index is 1.07. The zero-order valence-corrected chi connectivity index (χ0v) is 36.8. The Morgan fingerprint density at radius 1 is 0.292 bits per heavy atom. The first-order chi connectivity index (χ1) is 32.2. The number of hydrogen-bond acceptors (Lipinski definition) is 4. The number of hydrogen-bond donors (Lipinski definition) is 0. The molecule has 3 nitrogen and oxygen atoms in total. The fraction of sp³-hybridized carbons (Fsp3) is 0. The van der Waals surface area contributed by atoms with Gasteiger partial charge in [0.2, 0.25) is 0 Å². The molecule has 5 heteroatoms. The van der Waals surface area contributed by atoms with E-state index in [1.165, 1.54) is 62.2 Å². The van der Waals surface area contributed by atoms with Gasteiger partial charge in [0.1, 0.15) is 0 Å². The van der Waals surface area contributed by atoms with Gasteiger partial charge >= 0.3 is 0 Å². The number of benzene rings is 10.